The van der Waals surface area contributed by atoms with Gasteiger partial charge in [0, 0.05) is 18.9 Å². The fourth-order valence-corrected chi connectivity index (χ4v) is 9.47. The van der Waals surface area contributed by atoms with Gasteiger partial charge in [0.15, 0.2) is 0 Å². The van der Waals surface area contributed by atoms with Crippen LogP contribution in [0.2, 0.25) is 0 Å². The Bertz CT molecular complexity index is 1770. The molecule has 14 nitrogen and oxygen atoms in total. The topological polar surface area (TPSA) is 181 Å². The van der Waals surface area contributed by atoms with Gasteiger partial charge in [-0.1, -0.05) is 49.3 Å². The van der Waals surface area contributed by atoms with Gasteiger partial charge in [-0.05, 0) is 74.0 Å². The molecule has 3 aliphatic heterocycles. The zero-order chi connectivity index (χ0) is 36.6. The first kappa shape index (κ1) is 36.0. The highest BCUT2D eigenvalue weighted by molar-refractivity contribution is 7.91. The molecule has 1 aromatic rings. The number of ether oxygens (including phenoxy) is 2. The Labute approximate surface area is 303 Å². The van der Waals surface area contributed by atoms with Crippen molar-refractivity contribution in [2.75, 3.05) is 13.2 Å². The third-order valence-electron chi connectivity index (χ3n) is 11.3. The first-order valence-corrected chi connectivity index (χ1v) is 20.0. The van der Waals surface area contributed by atoms with Gasteiger partial charge in [-0.15, -0.1) is 6.58 Å². The summed E-state index contributed by atoms with van der Waals surface area (Å²) in [6.45, 7) is 4.53. The quantitative estimate of drug-likeness (QED) is 0.354. The fraction of sp³-hybridized carbons (Fsp3) is 0.595. The Balaban J connectivity index is 1.15. The van der Waals surface area contributed by atoms with Crippen molar-refractivity contribution in [2.24, 2.45) is 11.8 Å². The van der Waals surface area contributed by atoms with E-state index in [1.807, 2.05) is 24.3 Å². The lowest BCUT2D eigenvalue weighted by Crippen LogP contribution is -2.59. The lowest BCUT2D eigenvalue weighted by Gasteiger charge is -2.32. The summed E-state index contributed by atoms with van der Waals surface area (Å²) >= 11 is 0. The molecule has 6 aliphatic rings. The van der Waals surface area contributed by atoms with Crippen molar-refractivity contribution in [3.8, 4) is 0 Å². The minimum atomic E-state index is -3.90. The van der Waals surface area contributed by atoms with Crippen LogP contribution in [0.4, 0.5) is 9.59 Å². The number of hydrogen-bond donors (Lipinski definition) is 3. The number of fused-ring (bicyclic) bond motifs is 3. The normalized spacial score (nSPS) is 30.5. The minimum absolute atomic E-state index is 0.0588. The average Bonchev–Trinajstić information content (AvgIpc) is 3.90. The third kappa shape index (κ3) is 7.42. The number of sulfonamides is 1. The molecule has 1 saturated heterocycles. The van der Waals surface area contributed by atoms with Crippen LogP contribution in [0.25, 0.3) is 6.08 Å². The predicted octanol–water partition coefficient (Wildman–Crippen LogP) is 3.26. The molecule has 3 saturated carbocycles. The molecule has 280 valence electrons. The molecule has 1 aromatic carbocycles. The fourth-order valence-electron chi connectivity index (χ4n) is 8.10. The van der Waals surface area contributed by atoms with Crippen LogP contribution in [-0.2, 0) is 47.0 Å². The molecule has 3 N–H and O–H groups in total. The van der Waals surface area contributed by atoms with Gasteiger partial charge < -0.3 is 25.0 Å². The molecule has 0 spiro atoms. The summed E-state index contributed by atoms with van der Waals surface area (Å²) < 4.78 is 39.0. The Morgan fingerprint density at radius 2 is 1.83 bits per heavy atom. The number of rotatable bonds is 7. The van der Waals surface area contributed by atoms with Crippen molar-refractivity contribution in [1.82, 2.24) is 25.2 Å². The van der Waals surface area contributed by atoms with E-state index < -0.39 is 74.8 Å². The zero-order valence-corrected chi connectivity index (χ0v) is 30.0. The maximum atomic E-state index is 14.5. The molecular formula is C37H47N5O9S. The van der Waals surface area contributed by atoms with Crippen molar-refractivity contribution >= 4 is 46.0 Å². The SMILES string of the molecule is C=C[C@@H]1C[C@@]1(NC(=O)[C@@H]1C[C@@H]2CN1C(=O)[C@H](C1CCCC1)NC(=O)OCCCC/C=C/c1cccc3c1CN(C3)C(=O)O2)C(=O)NS(=O)(=O)C1CC1. The number of carbonyl (C=O) groups excluding carboxylic acids is 5. The highest BCUT2D eigenvalue weighted by Gasteiger charge is 2.62. The van der Waals surface area contributed by atoms with Crippen molar-refractivity contribution in [1.29, 1.82) is 0 Å². The van der Waals surface area contributed by atoms with Gasteiger partial charge in [0.1, 0.15) is 23.7 Å². The number of cyclic esters (lactones) is 1. The Kier molecular flexibility index (Phi) is 10.1. The van der Waals surface area contributed by atoms with Gasteiger partial charge >= 0.3 is 12.2 Å². The number of carbonyl (C=O) groups is 5. The standard InChI is InChI=1S/C37H47N5O9S/c1-2-26-19-37(26,34(45)40-52(48,49)28-15-16-28)39-32(43)30-18-27-21-42(30)33(44)31(24-11-6-7-12-24)38-35(46)50-17-8-4-3-5-10-23-13-9-14-25-20-41(22-29(23)25)36(47)51-27/h2,5,9-10,13-14,24,26-28,30-31H,1,3-4,6-8,11-12,15-22H2,(H,38,46)(H,39,43)(H,40,45)/b10-5+/t26-,27-,30+,31+,37+/m1/s1. The summed E-state index contributed by atoms with van der Waals surface area (Å²) in [6.07, 6.45) is 9.77. The Morgan fingerprint density at radius 1 is 1.04 bits per heavy atom. The molecule has 52 heavy (non-hydrogen) atoms. The van der Waals surface area contributed by atoms with E-state index in [9.17, 15) is 32.4 Å². The Hall–Kier alpha value is -4.40. The van der Waals surface area contributed by atoms with E-state index in [1.54, 1.807) is 4.90 Å². The molecule has 0 radical (unpaired) electrons. The lowest BCUT2D eigenvalue weighted by atomic mass is 9.96. The average molecular weight is 738 g/mol. The number of allylic oxidation sites excluding steroid dienone is 1. The summed E-state index contributed by atoms with van der Waals surface area (Å²) in [4.78, 5) is 71.7. The molecular weight excluding hydrogens is 691 g/mol. The predicted molar refractivity (Wildman–Crippen MR) is 188 cm³/mol. The van der Waals surface area contributed by atoms with E-state index in [2.05, 4.69) is 28.0 Å². The lowest BCUT2D eigenvalue weighted by molar-refractivity contribution is -0.142. The number of hydrogen-bond acceptors (Lipinski definition) is 9. The van der Waals surface area contributed by atoms with Crippen LogP contribution in [0.5, 0.6) is 0 Å². The van der Waals surface area contributed by atoms with Gasteiger partial charge in [0.05, 0.1) is 24.9 Å². The van der Waals surface area contributed by atoms with E-state index in [1.165, 1.54) is 11.0 Å². The molecule has 3 aliphatic carbocycles. The van der Waals surface area contributed by atoms with Crippen molar-refractivity contribution in [2.45, 2.75) is 113 Å². The van der Waals surface area contributed by atoms with Gasteiger partial charge in [-0.25, -0.2) is 18.0 Å². The van der Waals surface area contributed by atoms with E-state index in [4.69, 9.17) is 9.47 Å². The molecule has 4 fully saturated rings. The van der Waals surface area contributed by atoms with Crippen molar-refractivity contribution in [3.63, 3.8) is 0 Å². The number of benzene rings is 1. The maximum absolute atomic E-state index is 14.5. The van der Waals surface area contributed by atoms with E-state index in [-0.39, 0.29) is 31.9 Å². The molecule has 0 aromatic heterocycles. The van der Waals surface area contributed by atoms with Crippen LogP contribution >= 0.6 is 0 Å². The van der Waals surface area contributed by atoms with Gasteiger partial charge in [-0.3, -0.25) is 24.0 Å². The largest absolute Gasteiger partial charge is 0.450 e. The van der Waals surface area contributed by atoms with Gasteiger partial charge in [0.25, 0.3) is 5.91 Å². The number of alkyl carbamates (subject to hydrolysis) is 1. The van der Waals surface area contributed by atoms with Gasteiger partial charge in [-0.2, -0.15) is 0 Å². The highest BCUT2D eigenvalue weighted by Crippen LogP contribution is 2.45. The maximum Gasteiger partial charge on any atom is 0.410 e. The first-order valence-electron chi connectivity index (χ1n) is 18.5. The van der Waals surface area contributed by atoms with E-state index >= 15 is 0 Å². The molecule has 7 rings (SSSR count). The zero-order valence-electron chi connectivity index (χ0n) is 29.2. The molecule has 5 amide bonds. The second-order valence-corrected chi connectivity index (χ2v) is 16.9. The van der Waals surface area contributed by atoms with Crippen molar-refractivity contribution < 1.29 is 41.9 Å². The second kappa shape index (κ2) is 14.6. The second-order valence-electron chi connectivity index (χ2n) is 15.0. The molecule has 5 atom stereocenters. The van der Waals surface area contributed by atoms with Crippen LogP contribution in [-0.4, -0.2) is 90.3 Å². The van der Waals surface area contributed by atoms with Crippen LogP contribution in [0.3, 0.4) is 0 Å². The molecule has 3 heterocycles. The summed E-state index contributed by atoms with van der Waals surface area (Å²) in [5.41, 5.74) is 1.48. The summed E-state index contributed by atoms with van der Waals surface area (Å²) in [5.74, 6) is -2.77. The van der Waals surface area contributed by atoms with E-state index in [0.29, 0.717) is 45.2 Å². The Morgan fingerprint density at radius 3 is 2.56 bits per heavy atom. The minimum Gasteiger partial charge on any atom is -0.450 e. The summed E-state index contributed by atoms with van der Waals surface area (Å²) in [7, 11) is -3.90. The van der Waals surface area contributed by atoms with E-state index in [0.717, 1.165) is 42.4 Å². The first-order chi connectivity index (χ1) is 25.0. The molecule has 4 bridgehead atoms. The summed E-state index contributed by atoms with van der Waals surface area (Å²) in [5, 5.41) is 4.91. The number of nitrogens with one attached hydrogen (secondary N) is 3. The monoisotopic (exact) mass is 737 g/mol. The highest BCUT2D eigenvalue weighted by atomic mass is 32.2. The van der Waals surface area contributed by atoms with Crippen LogP contribution in [0, 0.1) is 11.8 Å². The smallest absolute Gasteiger partial charge is 0.410 e. The van der Waals surface area contributed by atoms with Crippen LogP contribution in [0.1, 0.15) is 87.3 Å². The number of nitrogens with zero attached hydrogens (tertiary/aromatic N) is 2. The molecule has 15 heteroatoms. The van der Waals surface area contributed by atoms with Crippen LogP contribution in [0.15, 0.2) is 36.9 Å². The number of amides is 5. The third-order valence-corrected chi connectivity index (χ3v) is 13.2. The van der Waals surface area contributed by atoms with Crippen LogP contribution < -0.4 is 15.4 Å². The molecule has 0 unspecified atom stereocenters. The van der Waals surface area contributed by atoms with Gasteiger partial charge in [0.2, 0.25) is 21.8 Å². The summed E-state index contributed by atoms with van der Waals surface area (Å²) in [6, 6.07) is 3.77. The van der Waals surface area contributed by atoms with Crippen molar-refractivity contribution in [3.05, 3.63) is 53.6 Å².